The molecule has 0 bridgehead atoms. The van der Waals surface area contributed by atoms with Crippen LogP contribution in [0.1, 0.15) is 0 Å². The number of aromatic nitrogens is 1. The second-order valence-electron chi connectivity index (χ2n) is 5.54. The Morgan fingerprint density at radius 3 is 2.56 bits per heavy atom. The van der Waals surface area contributed by atoms with E-state index in [2.05, 4.69) is 22.4 Å². The summed E-state index contributed by atoms with van der Waals surface area (Å²) in [5, 5.41) is 3.27. The number of sulfonamides is 1. The molecule has 0 spiro atoms. The van der Waals surface area contributed by atoms with Gasteiger partial charge in [0.15, 0.2) is 0 Å². The monoisotopic (exact) mass is 380 g/mol. The highest BCUT2D eigenvalue weighted by Crippen LogP contribution is 2.17. The van der Waals surface area contributed by atoms with E-state index in [0.717, 1.165) is 18.1 Å². The van der Waals surface area contributed by atoms with Gasteiger partial charge in [-0.15, -0.1) is 11.8 Å². The van der Waals surface area contributed by atoms with Gasteiger partial charge < -0.3 is 4.74 Å². The van der Waals surface area contributed by atoms with Crippen molar-refractivity contribution in [1.29, 1.82) is 0 Å². The topological polar surface area (TPSA) is 72.8 Å². The van der Waals surface area contributed by atoms with Crippen LogP contribution in [0.15, 0.2) is 58.5 Å². The molecule has 6 nitrogen and oxygen atoms in total. The number of benzene rings is 1. The summed E-state index contributed by atoms with van der Waals surface area (Å²) in [7, 11) is -3.45. The number of hydrogen-bond acceptors (Lipinski definition) is 5. The number of hydrogen-bond donors (Lipinski definition) is 1. The lowest BCUT2D eigenvalue weighted by atomic mass is 10.4. The average Bonchev–Trinajstić information content (AvgIpc) is 2.67. The molecule has 1 aromatic heterocycles. The van der Waals surface area contributed by atoms with Gasteiger partial charge in [0.05, 0.1) is 19.8 Å². The lowest BCUT2D eigenvalue weighted by Crippen LogP contribution is -2.40. The van der Waals surface area contributed by atoms with Crippen molar-refractivity contribution in [3.8, 4) is 0 Å². The fourth-order valence-electron chi connectivity index (χ4n) is 2.49. The summed E-state index contributed by atoms with van der Waals surface area (Å²) >= 11 is 1.78. The molecule has 1 saturated heterocycles. The van der Waals surface area contributed by atoms with E-state index in [4.69, 9.17) is 4.74 Å². The quantitative estimate of drug-likeness (QED) is 0.585. The Bertz CT molecular complexity index is 761. The third-order valence-corrected chi connectivity index (χ3v) is 6.73. The molecular weight excluding hydrogens is 358 g/mol. The van der Waals surface area contributed by atoms with Crippen molar-refractivity contribution in [3.63, 3.8) is 0 Å². The molecule has 2 heterocycles. The number of nitrogens with zero attached hydrogens (tertiary/aromatic N) is 1. The van der Waals surface area contributed by atoms with Crippen LogP contribution in [-0.2, 0) is 14.8 Å². The maximum atomic E-state index is 12.5. The first-order chi connectivity index (χ1) is 12.2. The van der Waals surface area contributed by atoms with Crippen LogP contribution in [0.4, 0.5) is 5.82 Å². The molecule has 2 N–H and O–H groups in total. The Morgan fingerprint density at radius 1 is 1.12 bits per heavy atom. The van der Waals surface area contributed by atoms with Gasteiger partial charge in [0.1, 0.15) is 11.1 Å². The summed E-state index contributed by atoms with van der Waals surface area (Å²) in [6, 6.07) is 13.6. The normalized spacial score (nSPS) is 15.8. The second kappa shape index (κ2) is 8.66. The molecule has 134 valence electrons. The largest absolute Gasteiger partial charge is 0.379 e. The predicted molar refractivity (Wildman–Crippen MR) is 98.2 cm³/mol. The van der Waals surface area contributed by atoms with E-state index in [1.54, 1.807) is 23.9 Å². The van der Waals surface area contributed by atoms with Crippen molar-refractivity contribution in [2.45, 2.75) is 9.79 Å². The van der Waals surface area contributed by atoms with E-state index < -0.39 is 10.0 Å². The van der Waals surface area contributed by atoms with E-state index in [-0.39, 0.29) is 4.90 Å². The Balaban J connectivity index is 1.51. The number of aromatic amines is 1. The van der Waals surface area contributed by atoms with Gasteiger partial charge in [-0.25, -0.2) is 13.4 Å². The minimum Gasteiger partial charge on any atom is -0.379 e. The first-order valence-corrected chi connectivity index (χ1v) is 10.6. The highest BCUT2D eigenvalue weighted by atomic mass is 32.2. The zero-order chi connectivity index (χ0) is 17.5. The maximum absolute atomic E-state index is 12.5. The summed E-state index contributed by atoms with van der Waals surface area (Å²) in [6.45, 7) is 2.48. The molecule has 0 amide bonds. The van der Waals surface area contributed by atoms with Crippen LogP contribution in [0.5, 0.6) is 0 Å². The highest BCUT2D eigenvalue weighted by molar-refractivity contribution is 7.99. The maximum Gasteiger partial charge on any atom is 0.272 e. The summed E-state index contributed by atoms with van der Waals surface area (Å²) in [5.41, 5.74) is 0. The Kier molecular flexibility index (Phi) is 6.30. The minimum atomic E-state index is -3.45. The fourth-order valence-corrected chi connectivity index (χ4v) is 4.65. The zero-order valence-electron chi connectivity index (χ0n) is 13.8. The van der Waals surface area contributed by atoms with Gasteiger partial charge in [0.2, 0.25) is 10.0 Å². The van der Waals surface area contributed by atoms with Crippen molar-refractivity contribution in [2.24, 2.45) is 0 Å². The molecular formula is C17H22N3O3S2+. The SMILES string of the molecule is O=S(=O)(c1ccc(NCCSc2ccccc2)[nH+]c1)N1CCOCC1. The van der Waals surface area contributed by atoms with Gasteiger partial charge in [-0.1, -0.05) is 18.2 Å². The third-order valence-electron chi connectivity index (χ3n) is 3.82. The number of rotatable bonds is 7. The van der Waals surface area contributed by atoms with Crippen LogP contribution in [0, 0.1) is 0 Å². The van der Waals surface area contributed by atoms with Gasteiger partial charge in [-0.2, -0.15) is 4.31 Å². The van der Waals surface area contributed by atoms with Crippen molar-refractivity contribution in [2.75, 3.05) is 43.9 Å². The van der Waals surface area contributed by atoms with Crippen LogP contribution >= 0.6 is 11.8 Å². The number of nitrogens with one attached hydrogen (secondary N) is 2. The zero-order valence-corrected chi connectivity index (χ0v) is 15.5. The smallest absolute Gasteiger partial charge is 0.272 e. The lowest BCUT2D eigenvalue weighted by molar-refractivity contribution is -0.364. The molecule has 0 radical (unpaired) electrons. The molecule has 25 heavy (non-hydrogen) atoms. The third kappa shape index (κ3) is 4.94. The first kappa shape index (κ1) is 18.2. The van der Waals surface area contributed by atoms with Crippen LogP contribution < -0.4 is 10.3 Å². The van der Waals surface area contributed by atoms with Crippen LogP contribution in [-0.4, -0.2) is 51.3 Å². The number of pyridine rings is 1. The van der Waals surface area contributed by atoms with Gasteiger partial charge in [-0.05, 0) is 18.2 Å². The van der Waals surface area contributed by atoms with E-state index in [1.165, 1.54) is 15.4 Å². The first-order valence-electron chi connectivity index (χ1n) is 8.17. The molecule has 1 aliphatic rings. The number of H-pyrrole nitrogens is 1. The number of morpholine rings is 1. The summed E-state index contributed by atoms with van der Waals surface area (Å²) in [6.07, 6.45) is 1.54. The van der Waals surface area contributed by atoms with Crippen molar-refractivity contribution < 1.29 is 18.1 Å². The van der Waals surface area contributed by atoms with Crippen LogP contribution in [0.3, 0.4) is 0 Å². The van der Waals surface area contributed by atoms with Gasteiger partial charge in [-0.3, -0.25) is 5.32 Å². The highest BCUT2D eigenvalue weighted by Gasteiger charge is 2.27. The van der Waals surface area contributed by atoms with E-state index >= 15 is 0 Å². The standard InChI is InChI=1S/C17H21N3O3S2/c21-25(22,20-9-11-23-12-10-20)16-6-7-17(19-14-16)18-8-13-24-15-4-2-1-3-5-15/h1-7,14H,8-13H2,(H,18,19)/p+1. The van der Waals surface area contributed by atoms with Gasteiger partial charge >= 0.3 is 0 Å². The van der Waals surface area contributed by atoms with Gasteiger partial charge in [0.25, 0.3) is 5.82 Å². The fraction of sp³-hybridized carbons (Fsp3) is 0.353. The molecule has 0 aliphatic carbocycles. The molecule has 2 aromatic rings. The average molecular weight is 381 g/mol. The van der Waals surface area contributed by atoms with E-state index in [1.807, 2.05) is 18.2 Å². The molecule has 1 aliphatic heterocycles. The predicted octanol–water partition coefficient (Wildman–Crippen LogP) is 1.73. The van der Waals surface area contributed by atoms with Crippen molar-refractivity contribution in [1.82, 2.24) is 4.31 Å². The molecule has 0 unspecified atom stereocenters. The summed E-state index contributed by atoms with van der Waals surface area (Å²) < 4.78 is 31.8. The second-order valence-corrected chi connectivity index (χ2v) is 8.65. The Labute approximate surface area is 152 Å². The molecule has 3 rings (SSSR count). The summed E-state index contributed by atoms with van der Waals surface area (Å²) in [4.78, 5) is 4.54. The van der Waals surface area contributed by atoms with Crippen molar-refractivity contribution >= 4 is 27.6 Å². The molecule has 1 fully saturated rings. The minimum absolute atomic E-state index is 0.276. The molecule has 1 aromatic carbocycles. The summed E-state index contributed by atoms with van der Waals surface area (Å²) in [5.74, 6) is 1.72. The van der Waals surface area contributed by atoms with Gasteiger partial charge in [0, 0.05) is 29.8 Å². The molecule has 0 saturated carbocycles. The number of thioether (sulfide) groups is 1. The number of anilines is 1. The number of ether oxygens (including phenoxy) is 1. The van der Waals surface area contributed by atoms with Crippen LogP contribution in [0.25, 0.3) is 0 Å². The van der Waals surface area contributed by atoms with E-state index in [9.17, 15) is 8.42 Å². The molecule has 8 heteroatoms. The van der Waals surface area contributed by atoms with Crippen LogP contribution in [0.2, 0.25) is 0 Å². The van der Waals surface area contributed by atoms with Crippen molar-refractivity contribution in [3.05, 3.63) is 48.7 Å². The van der Waals surface area contributed by atoms with E-state index in [0.29, 0.717) is 26.3 Å². The molecule has 0 atom stereocenters. The lowest BCUT2D eigenvalue weighted by Gasteiger charge is -2.25. The Hall–Kier alpha value is -1.61. The Morgan fingerprint density at radius 2 is 1.88 bits per heavy atom.